The highest BCUT2D eigenvalue weighted by Gasteiger charge is 2.50. The summed E-state index contributed by atoms with van der Waals surface area (Å²) in [6, 6.07) is 0.286. The first-order valence-electron chi connectivity index (χ1n) is 8.69. The van der Waals surface area contributed by atoms with Crippen LogP contribution in [-0.2, 0) is 11.3 Å². The van der Waals surface area contributed by atoms with Crippen molar-refractivity contribution >= 4 is 5.95 Å². The fourth-order valence-electron chi connectivity index (χ4n) is 3.96. The molecule has 1 saturated heterocycles. The summed E-state index contributed by atoms with van der Waals surface area (Å²) in [6.07, 6.45) is 8.28. The van der Waals surface area contributed by atoms with E-state index in [-0.39, 0.29) is 17.7 Å². The summed E-state index contributed by atoms with van der Waals surface area (Å²) in [5.74, 6) is 0.691. The molecule has 6 nitrogen and oxygen atoms in total. The van der Waals surface area contributed by atoms with E-state index in [9.17, 15) is 5.11 Å². The van der Waals surface area contributed by atoms with Crippen molar-refractivity contribution in [2.75, 3.05) is 25.5 Å². The van der Waals surface area contributed by atoms with Crippen LogP contribution in [0, 0.1) is 0 Å². The molecule has 3 rings (SSSR count). The number of aliphatic hydroxyl groups excluding tert-OH is 1. The Morgan fingerprint density at radius 1 is 1.39 bits per heavy atom. The van der Waals surface area contributed by atoms with Crippen LogP contribution in [0.15, 0.2) is 12.4 Å². The van der Waals surface area contributed by atoms with Crippen molar-refractivity contribution in [3.63, 3.8) is 0 Å². The number of nitrogens with zero attached hydrogens (tertiary/aromatic N) is 3. The molecule has 0 amide bonds. The molecule has 0 radical (unpaired) electrons. The van der Waals surface area contributed by atoms with E-state index in [1.165, 1.54) is 0 Å². The SMILES string of the molecule is CCCNc1ncc(CN2CC[C@]3(OC)CC[C@H](O)C[C@H]23)cn1. The van der Waals surface area contributed by atoms with Gasteiger partial charge in [-0.2, -0.15) is 0 Å². The Hall–Kier alpha value is -1.24. The fraction of sp³-hybridized carbons (Fsp3) is 0.765. The highest BCUT2D eigenvalue weighted by atomic mass is 16.5. The molecule has 2 aliphatic rings. The molecule has 2 heterocycles. The van der Waals surface area contributed by atoms with Crippen LogP contribution in [0.25, 0.3) is 0 Å². The van der Waals surface area contributed by atoms with Crippen LogP contribution in [0.5, 0.6) is 0 Å². The lowest BCUT2D eigenvalue weighted by atomic mass is 9.79. The van der Waals surface area contributed by atoms with Gasteiger partial charge in [0.1, 0.15) is 0 Å². The molecule has 23 heavy (non-hydrogen) atoms. The van der Waals surface area contributed by atoms with E-state index in [1.807, 2.05) is 19.5 Å². The number of hydrogen-bond donors (Lipinski definition) is 2. The Kier molecular flexibility index (Phi) is 5.14. The van der Waals surface area contributed by atoms with Gasteiger partial charge in [-0.25, -0.2) is 9.97 Å². The van der Waals surface area contributed by atoms with E-state index in [2.05, 4.69) is 27.1 Å². The third kappa shape index (κ3) is 3.49. The smallest absolute Gasteiger partial charge is 0.222 e. The molecule has 2 N–H and O–H groups in total. The van der Waals surface area contributed by atoms with Gasteiger partial charge in [0.25, 0.3) is 0 Å². The molecule has 1 aromatic rings. The van der Waals surface area contributed by atoms with Gasteiger partial charge in [-0.05, 0) is 32.1 Å². The van der Waals surface area contributed by atoms with Gasteiger partial charge >= 0.3 is 0 Å². The van der Waals surface area contributed by atoms with E-state index in [1.54, 1.807) is 0 Å². The number of hydrogen-bond acceptors (Lipinski definition) is 6. The number of anilines is 1. The highest BCUT2D eigenvalue weighted by molar-refractivity contribution is 5.24. The number of aliphatic hydroxyl groups is 1. The number of rotatable bonds is 6. The van der Waals surface area contributed by atoms with E-state index in [0.29, 0.717) is 5.95 Å². The Bertz CT molecular complexity index is 510. The molecule has 1 aliphatic heterocycles. The largest absolute Gasteiger partial charge is 0.393 e. The summed E-state index contributed by atoms with van der Waals surface area (Å²) in [6.45, 7) is 4.83. The van der Waals surface area contributed by atoms with Crippen LogP contribution in [0.4, 0.5) is 5.95 Å². The second kappa shape index (κ2) is 7.11. The van der Waals surface area contributed by atoms with Crippen molar-refractivity contribution in [3.05, 3.63) is 18.0 Å². The van der Waals surface area contributed by atoms with E-state index >= 15 is 0 Å². The van der Waals surface area contributed by atoms with Crippen molar-refractivity contribution < 1.29 is 9.84 Å². The Morgan fingerprint density at radius 3 is 2.87 bits per heavy atom. The molecule has 2 fully saturated rings. The zero-order valence-electron chi connectivity index (χ0n) is 14.2. The Balaban J connectivity index is 1.65. The minimum Gasteiger partial charge on any atom is -0.393 e. The molecule has 1 saturated carbocycles. The van der Waals surface area contributed by atoms with Gasteiger partial charge in [0.15, 0.2) is 0 Å². The fourth-order valence-corrected chi connectivity index (χ4v) is 3.96. The molecule has 128 valence electrons. The third-order valence-corrected chi connectivity index (χ3v) is 5.30. The van der Waals surface area contributed by atoms with Crippen LogP contribution in [0.3, 0.4) is 0 Å². The molecule has 0 bridgehead atoms. The zero-order valence-corrected chi connectivity index (χ0v) is 14.2. The van der Waals surface area contributed by atoms with Gasteiger partial charge < -0.3 is 15.2 Å². The minimum absolute atomic E-state index is 0.0806. The topological polar surface area (TPSA) is 70.5 Å². The number of methoxy groups -OCH3 is 1. The van der Waals surface area contributed by atoms with Gasteiger partial charge in [-0.1, -0.05) is 6.92 Å². The van der Waals surface area contributed by atoms with Crippen LogP contribution >= 0.6 is 0 Å². The number of nitrogens with one attached hydrogen (secondary N) is 1. The lowest BCUT2D eigenvalue weighted by Gasteiger charge is -2.42. The minimum atomic E-state index is -0.208. The van der Waals surface area contributed by atoms with Crippen molar-refractivity contribution in [2.45, 2.75) is 63.3 Å². The summed E-state index contributed by atoms with van der Waals surface area (Å²) in [4.78, 5) is 11.2. The van der Waals surface area contributed by atoms with Crippen molar-refractivity contribution in [1.82, 2.24) is 14.9 Å². The maximum Gasteiger partial charge on any atom is 0.222 e. The maximum absolute atomic E-state index is 10.1. The quantitative estimate of drug-likeness (QED) is 0.833. The summed E-state index contributed by atoms with van der Waals surface area (Å²) >= 11 is 0. The Morgan fingerprint density at radius 2 is 2.17 bits per heavy atom. The molecule has 0 aromatic carbocycles. The first-order valence-corrected chi connectivity index (χ1v) is 8.69. The lowest BCUT2D eigenvalue weighted by Crippen LogP contribution is -2.51. The standard InChI is InChI=1S/C17H28N4O2/c1-3-7-18-16-19-10-13(11-20-16)12-21-8-6-17(23-2)5-4-14(22)9-15(17)21/h10-11,14-15,22H,3-9,12H2,1-2H3,(H,18,19,20)/t14-,15-,17+/m0/s1. The summed E-state index contributed by atoms with van der Waals surface area (Å²) in [7, 11) is 1.81. The highest BCUT2D eigenvalue weighted by Crippen LogP contribution is 2.42. The summed E-state index contributed by atoms with van der Waals surface area (Å²) in [5, 5.41) is 13.2. The van der Waals surface area contributed by atoms with Crippen LogP contribution in [0.1, 0.15) is 44.6 Å². The van der Waals surface area contributed by atoms with Gasteiger partial charge in [-0.3, -0.25) is 4.90 Å². The second-order valence-electron chi connectivity index (χ2n) is 6.78. The van der Waals surface area contributed by atoms with Gasteiger partial charge in [0.2, 0.25) is 5.95 Å². The average molecular weight is 320 g/mol. The molecule has 1 aromatic heterocycles. The lowest BCUT2D eigenvalue weighted by molar-refractivity contribution is -0.0879. The molecule has 1 aliphatic carbocycles. The van der Waals surface area contributed by atoms with E-state index < -0.39 is 0 Å². The van der Waals surface area contributed by atoms with Crippen molar-refractivity contribution in [2.24, 2.45) is 0 Å². The number of fused-ring (bicyclic) bond motifs is 1. The van der Waals surface area contributed by atoms with Gasteiger partial charge in [0.05, 0.1) is 11.7 Å². The number of likely N-dealkylation sites (tertiary alicyclic amines) is 1. The van der Waals surface area contributed by atoms with Crippen molar-refractivity contribution in [3.8, 4) is 0 Å². The van der Waals surface area contributed by atoms with Crippen molar-refractivity contribution in [1.29, 1.82) is 0 Å². The molecule has 3 atom stereocenters. The zero-order chi connectivity index (χ0) is 16.3. The summed E-state index contributed by atoms with van der Waals surface area (Å²) < 4.78 is 5.89. The molecule has 6 heteroatoms. The third-order valence-electron chi connectivity index (χ3n) is 5.30. The van der Waals surface area contributed by atoms with Gasteiger partial charge in [-0.15, -0.1) is 0 Å². The summed E-state index contributed by atoms with van der Waals surface area (Å²) in [5.41, 5.74) is 1.03. The van der Waals surface area contributed by atoms with Crippen LogP contribution in [0.2, 0.25) is 0 Å². The van der Waals surface area contributed by atoms with E-state index in [0.717, 1.165) is 57.3 Å². The second-order valence-corrected chi connectivity index (χ2v) is 6.78. The van der Waals surface area contributed by atoms with E-state index in [4.69, 9.17) is 4.74 Å². The van der Waals surface area contributed by atoms with Crippen LogP contribution < -0.4 is 5.32 Å². The molecular formula is C17H28N4O2. The first kappa shape index (κ1) is 16.6. The molecular weight excluding hydrogens is 292 g/mol. The average Bonchev–Trinajstić information content (AvgIpc) is 2.93. The van der Waals surface area contributed by atoms with Crippen LogP contribution in [-0.4, -0.2) is 57.9 Å². The monoisotopic (exact) mass is 320 g/mol. The first-order chi connectivity index (χ1) is 11.2. The van der Waals surface area contributed by atoms with Gasteiger partial charge in [0, 0.05) is 50.7 Å². The predicted molar refractivity (Wildman–Crippen MR) is 89.2 cm³/mol. The maximum atomic E-state index is 10.1. The predicted octanol–water partition coefficient (Wildman–Crippen LogP) is 1.80. The number of ether oxygens (including phenoxy) is 1. The Labute approximate surface area is 138 Å². The molecule has 0 unspecified atom stereocenters. The molecule has 0 spiro atoms. The number of aromatic nitrogens is 2. The normalized spacial score (nSPS) is 31.1.